The monoisotopic (exact) mass is 369 g/mol. The lowest BCUT2D eigenvalue weighted by molar-refractivity contribution is -0.137. The maximum atomic E-state index is 12.3. The molecule has 1 aliphatic rings. The first kappa shape index (κ1) is 20.6. The van der Waals surface area contributed by atoms with E-state index in [0.717, 1.165) is 29.4 Å². The molecular formula is C22H27NO4. The van der Waals surface area contributed by atoms with Crippen molar-refractivity contribution in [3.8, 4) is 0 Å². The van der Waals surface area contributed by atoms with Crippen LogP contribution in [-0.2, 0) is 24.5 Å². The largest absolute Gasteiger partial charge is 0.463 e. The molecule has 0 saturated carbocycles. The number of unbranched alkanes of at least 4 members (excludes halogenated alkanes) is 1. The molecule has 0 N–H and O–H groups in total. The molecule has 0 amide bonds. The molecule has 0 radical (unpaired) electrons. The third-order valence-electron chi connectivity index (χ3n) is 4.86. The first-order valence-electron chi connectivity index (χ1n) is 9.14. The molecule has 0 unspecified atom stereocenters. The maximum Gasteiger partial charge on any atom is 0.330 e. The summed E-state index contributed by atoms with van der Waals surface area (Å²) in [4.78, 5) is 37.7. The lowest BCUT2D eigenvalue weighted by Crippen LogP contribution is -2.32. The molecule has 0 saturated heterocycles. The predicted octanol–water partition coefficient (Wildman–Crippen LogP) is 3.73. The van der Waals surface area contributed by atoms with Gasteiger partial charge in [-0.25, -0.2) is 4.79 Å². The predicted molar refractivity (Wildman–Crippen MR) is 106 cm³/mol. The summed E-state index contributed by atoms with van der Waals surface area (Å²) in [6.45, 7) is 11.3. The minimum Gasteiger partial charge on any atom is -0.463 e. The zero-order valence-electron chi connectivity index (χ0n) is 16.5. The quantitative estimate of drug-likeness (QED) is 0.230. The van der Waals surface area contributed by atoms with Gasteiger partial charge in [0.2, 0.25) is 0 Å². The van der Waals surface area contributed by atoms with Crippen LogP contribution in [0.15, 0.2) is 48.2 Å². The van der Waals surface area contributed by atoms with Crippen molar-refractivity contribution in [2.45, 2.75) is 46.0 Å². The van der Waals surface area contributed by atoms with Crippen molar-refractivity contribution in [1.82, 2.24) is 0 Å². The zero-order valence-corrected chi connectivity index (χ0v) is 16.5. The summed E-state index contributed by atoms with van der Waals surface area (Å²) in [6.07, 6.45) is 2.58. The Kier molecular flexibility index (Phi) is 6.37. The van der Waals surface area contributed by atoms with E-state index in [9.17, 15) is 14.4 Å². The minimum absolute atomic E-state index is 0.219. The van der Waals surface area contributed by atoms with Crippen molar-refractivity contribution in [3.05, 3.63) is 53.8 Å². The van der Waals surface area contributed by atoms with E-state index in [1.54, 1.807) is 0 Å². The number of para-hydroxylation sites is 1. The molecule has 0 spiro atoms. The van der Waals surface area contributed by atoms with Crippen molar-refractivity contribution in [3.63, 3.8) is 0 Å². The van der Waals surface area contributed by atoms with Crippen LogP contribution in [0, 0.1) is 0 Å². The second-order valence-electron chi connectivity index (χ2n) is 7.21. The average molecular weight is 369 g/mol. The highest BCUT2D eigenvalue weighted by Crippen LogP contribution is 2.49. The normalized spacial score (nSPS) is 14.5. The van der Waals surface area contributed by atoms with Gasteiger partial charge in [-0.3, -0.25) is 9.59 Å². The van der Waals surface area contributed by atoms with E-state index in [4.69, 9.17) is 4.74 Å². The Morgan fingerprint density at radius 3 is 2.33 bits per heavy atom. The smallest absolute Gasteiger partial charge is 0.330 e. The summed E-state index contributed by atoms with van der Waals surface area (Å²) < 4.78 is 5.02. The molecule has 27 heavy (non-hydrogen) atoms. The molecule has 5 heteroatoms. The number of nitrogens with zero attached hydrogens (tertiary/aromatic N) is 1. The molecule has 0 aliphatic carbocycles. The summed E-state index contributed by atoms with van der Waals surface area (Å²) in [5.41, 5.74) is 2.68. The standard InChI is InChI=1S/C22H27NO4/c1-6-19(26)27-14-10-9-13-23-18-12-8-7-11-17(18)22(4,5)21(23)20(15(2)24)16(3)25/h6-8,11-12H,1,9-10,13-14H2,2-5H3. The molecule has 0 bridgehead atoms. The highest BCUT2D eigenvalue weighted by atomic mass is 16.5. The fraction of sp³-hybridized carbons (Fsp3) is 0.409. The summed E-state index contributed by atoms with van der Waals surface area (Å²) >= 11 is 0. The lowest BCUT2D eigenvalue weighted by Gasteiger charge is -2.29. The number of anilines is 1. The van der Waals surface area contributed by atoms with Crippen LogP contribution in [-0.4, -0.2) is 30.7 Å². The van der Waals surface area contributed by atoms with Gasteiger partial charge in [-0.15, -0.1) is 0 Å². The Morgan fingerprint density at radius 1 is 1.11 bits per heavy atom. The Bertz CT molecular complexity index is 788. The molecule has 1 aromatic carbocycles. The summed E-state index contributed by atoms with van der Waals surface area (Å²) in [5, 5.41) is 0. The molecule has 1 aliphatic heterocycles. The number of carbonyl (C=O) groups is 3. The highest BCUT2D eigenvalue weighted by Gasteiger charge is 2.43. The number of ketones is 2. The van der Waals surface area contributed by atoms with E-state index in [0.29, 0.717) is 19.6 Å². The number of esters is 1. The van der Waals surface area contributed by atoms with Crippen LogP contribution in [0.5, 0.6) is 0 Å². The molecule has 1 heterocycles. The Labute approximate surface area is 160 Å². The summed E-state index contributed by atoms with van der Waals surface area (Å²) in [5.74, 6) is -0.870. The van der Waals surface area contributed by atoms with Crippen molar-refractivity contribution < 1.29 is 19.1 Å². The SMILES string of the molecule is C=CC(=O)OCCCCN1C(=C(C(C)=O)C(C)=O)C(C)(C)c2ccccc21. The highest BCUT2D eigenvalue weighted by molar-refractivity contribution is 6.20. The van der Waals surface area contributed by atoms with E-state index in [2.05, 4.69) is 11.5 Å². The number of allylic oxidation sites excluding steroid dienone is 2. The first-order chi connectivity index (χ1) is 12.7. The molecule has 5 nitrogen and oxygen atoms in total. The Balaban J connectivity index is 2.34. The second kappa shape index (κ2) is 8.33. The van der Waals surface area contributed by atoms with Gasteiger partial charge in [0.25, 0.3) is 0 Å². The number of carbonyl (C=O) groups excluding carboxylic acids is 3. The average Bonchev–Trinajstić information content (AvgIpc) is 2.82. The van der Waals surface area contributed by atoms with Gasteiger partial charge in [-0.05, 0) is 38.3 Å². The molecule has 2 rings (SSSR count). The Morgan fingerprint density at radius 2 is 1.74 bits per heavy atom. The number of fused-ring (bicyclic) bond motifs is 1. The van der Waals surface area contributed by atoms with Crippen LogP contribution in [0.25, 0.3) is 0 Å². The van der Waals surface area contributed by atoms with Gasteiger partial charge < -0.3 is 9.64 Å². The zero-order chi connectivity index (χ0) is 20.2. The number of ether oxygens (including phenoxy) is 1. The maximum absolute atomic E-state index is 12.3. The van der Waals surface area contributed by atoms with Crippen LogP contribution in [0.2, 0.25) is 0 Å². The van der Waals surface area contributed by atoms with Gasteiger partial charge in [-0.2, -0.15) is 0 Å². The van der Waals surface area contributed by atoms with Crippen molar-refractivity contribution >= 4 is 23.2 Å². The van der Waals surface area contributed by atoms with Gasteiger partial charge in [0.1, 0.15) is 0 Å². The third-order valence-corrected chi connectivity index (χ3v) is 4.86. The second-order valence-corrected chi connectivity index (χ2v) is 7.21. The number of Topliss-reactive ketones (excluding diaryl/α,β-unsaturated/α-hetero) is 2. The number of benzene rings is 1. The van der Waals surface area contributed by atoms with Crippen LogP contribution in [0.1, 0.15) is 46.1 Å². The van der Waals surface area contributed by atoms with Gasteiger partial charge >= 0.3 is 5.97 Å². The fourth-order valence-electron chi connectivity index (χ4n) is 3.69. The van der Waals surface area contributed by atoms with Crippen LogP contribution in [0.4, 0.5) is 5.69 Å². The Hall–Kier alpha value is -2.69. The van der Waals surface area contributed by atoms with Gasteiger partial charge in [0.05, 0.1) is 12.2 Å². The van der Waals surface area contributed by atoms with Crippen LogP contribution in [0.3, 0.4) is 0 Å². The summed E-state index contributed by atoms with van der Waals surface area (Å²) in [6, 6.07) is 7.98. The minimum atomic E-state index is -0.446. The van der Waals surface area contributed by atoms with Gasteiger partial charge in [-0.1, -0.05) is 38.6 Å². The van der Waals surface area contributed by atoms with E-state index >= 15 is 0 Å². The molecule has 1 aromatic rings. The molecule has 0 aromatic heterocycles. The lowest BCUT2D eigenvalue weighted by atomic mass is 9.81. The van der Waals surface area contributed by atoms with Gasteiger partial charge in [0.15, 0.2) is 11.6 Å². The van der Waals surface area contributed by atoms with Crippen molar-refractivity contribution in [2.24, 2.45) is 0 Å². The number of rotatable bonds is 8. The number of hydrogen-bond acceptors (Lipinski definition) is 5. The molecule has 0 fully saturated rings. The van der Waals surface area contributed by atoms with E-state index in [1.807, 2.05) is 38.1 Å². The van der Waals surface area contributed by atoms with E-state index in [-0.39, 0.29) is 17.1 Å². The van der Waals surface area contributed by atoms with Crippen LogP contribution < -0.4 is 4.90 Å². The van der Waals surface area contributed by atoms with E-state index in [1.165, 1.54) is 13.8 Å². The van der Waals surface area contributed by atoms with Gasteiger partial charge in [0, 0.05) is 29.4 Å². The van der Waals surface area contributed by atoms with Crippen molar-refractivity contribution in [1.29, 1.82) is 0 Å². The third kappa shape index (κ3) is 4.18. The molecular weight excluding hydrogens is 342 g/mol. The number of hydrogen-bond donors (Lipinski definition) is 0. The molecule has 0 atom stereocenters. The summed E-state index contributed by atoms with van der Waals surface area (Å²) in [7, 11) is 0. The topological polar surface area (TPSA) is 63.7 Å². The van der Waals surface area contributed by atoms with Crippen molar-refractivity contribution in [2.75, 3.05) is 18.1 Å². The first-order valence-corrected chi connectivity index (χ1v) is 9.14. The van der Waals surface area contributed by atoms with Crippen LogP contribution >= 0.6 is 0 Å². The molecule has 144 valence electrons. The fourth-order valence-corrected chi connectivity index (χ4v) is 3.69. The van der Waals surface area contributed by atoms with E-state index < -0.39 is 11.4 Å².